The second-order valence-corrected chi connectivity index (χ2v) is 5.64. The quantitative estimate of drug-likeness (QED) is 0.916. The van der Waals surface area contributed by atoms with Crippen molar-refractivity contribution in [1.82, 2.24) is 4.98 Å². The number of carbonyl (C=O) groups is 1. The number of rotatable bonds is 4. The average Bonchev–Trinajstić information content (AvgIpc) is 2.37. The predicted octanol–water partition coefficient (Wildman–Crippen LogP) is 3.64. The number of aromatic nitrogens is 1. The molecule has 1 N–H and O–H groups in total. The van der Waals surface area contributed by atoms with Crippen molar-refractivity contribution >= 4 is 17.6 Å². The van der Waals surface area contributed by atoms with E-state index in [-0.39, 0.29) is 10.7 Å². The second-order valence-electron chi connectivity index (χ2n) is 5.23. The number of ether oxygens (including phenoxy) is 1. The van der Waals surface area contributed by atoms with E-state index in [1.54, 1.807) is 6.07 Å². The van der Waals surface area contributed by atoms with Gasteiger partial charge in [-0.15, -0.1) is 0 Å². The van der Waals surface area contributed by atoms with Gasteiger partial charge in [0.15, 0.2) is 5.69 Å². The van der Waals surface area contributed by atoms with Crippen molar-refractivity contribution in [3.05, 3.63) is 22.8 Å². The van der Waals surface area contributed by atoms with E-state index in [2.05, 4.69) is 11.9 Å². The normalized spacial score (nSPS) is 23.1. The molecule has 1 aliphatic carbocycles. The molecule has 1 aliphatic rings. The van der Waals surface area contributed by atoms with Crippen molar-refractivity contribution in [2.75, 3.05) is 6.61 Å². The van der Waals surface area contributed by atoms with Crippen LogP contribution in [0.5, 0.6) is 5.88 Å². The Balaban J connectivity index is 1.96. The number of carboxylic acid groups (broad SMARTS) is 1. The number of pyridine rings is 1. The molecule has 19 heavy (non-hydrogen) atoms. The first-order valence-corrected chi connectivity index (χ1v) is 6.96. The SMILES string of the molecule is CC1CCCC(COc2ccc(Cl)c(C(=O)O)n2)C1. The minimum Gasteiger partial charge on any atom is -0.477 e. The van der Waals surface area contributed by atoms with E-state index in [0.717, 1.165) is 5.92 Å². The van der Waals surface area contributed by atoms with Crippen molar-refractivity contribution in [3.63, 3.8) is 0 Å². The molecule has 1 saturated carbocycles. The van der Waals surface area contributed by atoms with Crippen LogP contribution < -0.4 is 4.74 Å². The molecule has 0 amide bonds. The van der Waals surface area contributed by atoms with Crippen LogP contribution in [0.3, 0.4) is 0 Å². The molecule has 0 aliphatic heterocycles. The fourth-order valence-corrected chi connectivity index (χ4v) is 2.76. The maximum absolute atomic E-state index is 10.9. The fraction of sp³-hybridized carbons (Fsp3) is 0.571. The van der Waals surface area contributed by atoms with Gasteiger partial charge in [0.05, 0.1) is 11.6 Å². The summed E-state index contributed by atoms with van der Waals surface area (Å²) in [5, 5.41) is 9.07. The number of aromatic carboxylic acids is 1. The van der Waals surface area contributed by atoms with Crippen LogP contribution in [0.2, 0.25) is 5.02 Å². The highest BCUT2D eigenvalue weighted by atomic mass is 35.5. The highest BCUT2D eigenvalue weighted by Gasteiger charge is 2.20. The van der Waals surface area contributed by atoms with Gasteiger partial charge in [0, 0.05) is 6.07 Å². The Hall–Kier alpha value is -1.29. The van der Waals surface area contributed by atoms with Gasteiger partial charge in [0.1, 0.15) is 0 Å². The third kappa shape index (κ3) is 3.83. The van der Waals surface area contributed by atoms with Crippen LogP contribution in [0.4, 0.5) is 0 Å². The molecular formula is C14H18ClNO3. The molecule has 1 aromatic rings. The number of hydrogen-bond donors (Lipinski definition) is 1. The molecule has 0 radical (unpaired) electrons. The molecule has 104 valence electrons. The van der Waals surface area contributed by atoms with Crippen molar-refractivity contribution < 1.29 is 14.6 Å². The Bertz CT molecular complexity index is 464. The highest BCUT2D eigenvalue weighted by molar-refractivity contribution is 6.33. The lowest BCUT2D eigenvalue weighted by atomic mass is 9.83. The molecule has 0 saturated heterocycles. The van der Waals surface area contributed by atoms with Gasteiger partial charge in [-0.1, -0.05) is 31.4 Å². The lowest BCUT2D eigenvalue weighted by molar-refractivity contribution is 0.0689. The Labute approximate surface area is 117 Å². The summed E-state index contributed by atoms with van der Waals surface area (Å²) < 4.78 is 5.61. The predicted molar refractivity (Wildman–Crippen MR) is 72.8 cm³/mol. The number of carboxylic acids is 1. The molecule has 5 heteroatoms. The summed E-state index contributed by atoms with van der Waals surface area (Å²) in [6.07, 6.45) is 4.87. The lowest BCUT2D eigenvalue weighted by Gasteiger charge is -2.26. The summed E-state index contributed by atoms with van der Waals surface area (Å²) in [5.74, 6) is 0.478. The van der Waals surface area contributed by atoms with Gasteiger partial charge in [-0.05, 0) is 30.7 Å². The van der Waals surface area contributed by atoms with Crippen molar-refractivity contribution in [2.45, 2.75) is 32.6 Å². The summed E-state index contributed by atoms with van der Waals surface area (Å²) in [6.45, 7) is 2.85. The largest absolute Gasteiger partial charge is 0.477 e. The summed E-state index contributed by atoms with van der Waals surface area (Å²) in [7, 11) is 0. The van der Waals surface area contributed by atoms with E-state index >= 15 is 0 Å². The molecule has 2 atom stereocenters. The summed E-state index contributed by atoms with van der Waals surface area (Å²) in [4.78, 5) is 14.8. The Morgan fingerprint density at radius 2 is 2.32 bits per heavy atom. The Kier molecular flexibility index (Phi) is 4.64. The van der Waals surface area contributed by atoms with Gasteiger partial charge in [0.25, 0.3) is 0 Å². The average molecular weight is 284 g/mol. The van der Waals surface area contributed by atoms with Crippen molar-refractivity contribution in [2.24, 2.45) is 11.8 Å². The van der Waals surface area contributed by atoms with Gasteiger partial charge >= 0.3 is 5.97 Å². The van der Waals surface area contributed by atoms with Crippen LogP contribution in [0.1, 0.15) is 43.1 Å². The van der Waals surface area contributed by atoms with Gasteiger partial charge < -0.3 is 9.84 Å². The monoisotopic (exact) mass is 283 g/mol. The van der Waals surface area contributed by atoms with Crippen LogP contribution in [0.15, 0.2) is 12.1 Å². The Morgan fingerprint density at radius 3 is 3.00 bits per heavy atom. The molecule has 4 nitrogen and oxygen atoms in total. The topological polar surface area (TPSA) is 59.4 Å². The Morgan fingerprint density at radius 1 is 1.53 bits per heavy atom. The first-order chi connectivity index (χ1) is 9.06. The van der Waals surface area contributed by atoms with E-state index in [1.165, 1.54) is 31.7 Å². The molecule has 2 rings (SSSR count). The molecule has 0 aromatic carbocycles. The third-order valence-electron chi connectivity index (χ3n) is 3.53. The van der Waals surface area contributed by atoms with Crippen LogP contribution in [-0.2, 0) is 0 Å². The molecular weight excluding hydrogens is 266 g/mol. The van der Waals surface area contributed by atoms with E-state index in [1.807, 2.05) is 0 Å². The summed E-state index contributed by atoms with van der Waals surface area (Å²) in [5.41, 5.74) is -0.156. The smallest absolute Gasteiger partial charge is 0.356 e. The van der Waals surface area contributed by atoms with Crippen molar-refractivity contribution in [1.29, 1.82) is 0 Å². The van der Waals surface area contributed by atoms with Crippen molar-refractivity contribution in [3.8, 4) is 5.88 Å². The standard InChI is InChI=1S/C14H18ClNO3/c1-9-3-2-4-10(7-9)8-19-12-6-5-11(15)13(16-12)14(17)18/h5-6,9-10H,2-4,7-8H2,1H3,(H,17,18). The maximum atomic E-state index is 10.9. The van der Waals surface area contributed by atoms with Gasteiger partial charge in [-0.3, -0.25) is 0 Å². The highest BCUT2D eigenvalue weighted by Crippen LogP contribution is 2.29. The van der Waals surface area contributed by atoms with Crippen LogP contribution in [0.25, 0.3) is 0 Å². The van der Waals surface area contributed by atoms with E-state index < -0.39 is 5.97 Å². The molecule has 1 fully saturated rings. The molecule has 0 spiro atoms. The first kappa shape index (κ1) is 14.1. The maximum Gasteiger partial charge on any atom is 0.356 e. The minimum absolute atomic E-state index is 0.131. The zero-order chi connectivity index (χ0) is 13.8. The molecule has 2 unspecified atom stereocenters. The molecule has 1 heterocycles. The molecule has 0 bridgehead atoms. The van der Waals surface area contributed by atoms with E-state index in [0.29, 0.717) is 18.4 Å². The van der Waals surface area contributed by atoms with Gasteiger partial charge in [-0.25, -0.2) is 9.78 Å². The van der Waals surface area contributed by atoms with Gasteiger partial charge in [0.2, 0.25) is 5.88 Å². The number of hydrogen-bond acceptors (Lipinski definition) is 3. The fourth-order valence-electron chi connectivity index (χ4n) is 2.57. The third-order valence-corrected chi connectivity index (χ3v) is 3.84. The zero-order valence-electron chi connectivity index (χ0n) is 10.9. The zero-order valence-corrected chi connectivity index (χ0v) is 11.7. The van der Waals surface area contributed by atoms with Crippen LogP contribution in [0, 0.1) is 11.8 Å². The summed E-state index contributed by atoms with van der Waals surface area (Å²) >= 11 is 5.76. The number of nitrogens with zero attached hydrogens (tertiary/aromatic N) is 1. The van der Waals surface area contributed by atoms with Gasteiger partial charge in [-0.2, -0.15) is 0 Å². The lowest BCUT2D eigenvalue weighted by Crippen LogP contribution is -2.20. The van der Waals surface area contributed by atoms with Crippen LogP contribution >= 0.6 is 11.6 Å². The minimum atomic E-state index is -1.14. The number of halogens is 1. The molecule has 1 aromatic heterocycles. The first-order valence-electron chi connectivity index (χ1n) is 6.59. The summed E-state index contributed by atoms with van der Waals surface area (Å²) in [6, 6.07) is 3.12. The van der Waals surface area contributed by atoms with E-state index in [9.17, 15) is 4.79 Å². The van der Waals surface area contributed by atoms with E-state index in [4.69, 9.17) is 21.4 Å². The second kappa shape index (κ2) is 6.24. The van der Waals surface area contributed by atoms with Crippen LogP contribution in [-0.4, -0.2) is 22.7 Å².